The minimum absolute atomic E-state index is 0.00806. The van der Waals surface area contributed by atoms with Gasteiger partial charge in [-0.05, 0) is 24.5 Å². The Labute approximate surface area is 149 Å². The number of carbonyl (C=O) groups excluding carboxylic acids is 1. The van der Waals surface area contributed by atoms with E-state index in [1.165, 1.54) is 11.8 Å². The van der Waals surface area contributed by atoms with Crippen LogP contribution in [0.3, 0.4) is 0 Å². The molecule has 2 atom stereocenters. The Morgan fingerprint density at radius 1 is 1.40 bits per heavy atom. The molecule has 1 amide bonds. The van der Waals surface area contributed by atoms with Crippen molar-refractivity contribution in [2.75, 3.05) is 19.6 Å². The third kappa shape index (κ3) is 5.19. The number of hydrogen-bond acceptors (Lipinski definition) is 4. The molecule has 138 valence electrons. The van der Waals surface area contributed by atoms with Crippen molar-refractivity contribution >= 4 is 11.9 Å². The highest BCUT2D eigenvalue weighted by Gasteiger charge is 2.34. The lowest BCUT2D eigenvalue weighted by Crippen LogP contribution is -2.55. The highest BCUT2D eigenvalue weighted by atomic mass is 16.5. The fraction of sp³-hybridized carbons (Fsp3) is 0.579. The zero-order valence-corrected chi connectivity index (χ0v) is 15.4. The molecule has 0 aromatic heterocycles. The van der Waals surface area contributed by atoms with E-state index in [9.17, 15) is 14.7 Å². The average Bonchev–Trinajstić information content (AvgIpc) is 2.54. The zero-order chi connectivity index (χ0) is 18.6. The van der Waals surface area contributed by atoms with Crippen molar-refractivity contribution in [1.82, 2.24) is 10.2 Å². The molecular formula is C19H28N2O4. The first kappa shape index (κ1) is 19.2. The van der Waals surface area contributed by atoms with Gasteiger partial charge in [0.2, 0.25) is 0 Å². The molecule has 0 saturated carbocycles. The Morgan fingerprint density at radius 2 is 2.12 bits per heavy atom. The molecule has 1 saturated heterocycles. The number of ketones is 1. The first-order valence-electron chi connectivity index (χ1n) is 8.66. The van der Waals surface area contributed by atoms with Crippen LogP contribution in [0, 0.1) is 5.41 Å². The Balaban J connectivity index is 2.18. The van der Waals surface area contributed by atoms with Crippen LogP contribution in [0.5, 0.6) is 5.75 Å². The van der Waals surface area contributed by atoms with Crippen molar-refractivity contribution < 1.29 is 19.4 Å². The molecule has 1 fully saturated rings. The predicted octanol–water partition coefficient (Wildman–Crippen LogP) is 3.02. The standard InChI is InChI=1S/C19H28N2O4/c1-13(22)14-6-5-7-16(10-14)25-17(19(2,3)4)11-15-12-20-8-9-21(15)18(23)24/h5-7,10,15,17,20H,8-9,11-12H2,1-4H3,(H,23,24). The van der Waals surface area contributed by atoms with Crippen molar-refractivity contribution in [3.63, 3.8) is 0 Å². The summed E-state index contributed by atoms with van der Waals surface area (Å²) in [6, 6.07) is 7.01. The van der Waals surface area contributed by atoms with Crippen LogP contribution in [0.25, 0.3) is 0 Å². The van der Waals surface area contributed by atoms with Crippen molar-refractivity contribution in [3.8, 4) is 5.75 Å². The van der Waals surface area contributed by atoms with Gasteiger partial charge < -0.3 is 20.1 Å². The summed E-state index contributed by atoms with van der Waals surface area (Å²) in [5, 5.41) is 12.7. The second-order valence-corrected chi connectivity index (χ2v) is 7.63. The smallest absolute Gasteiger partial charge is 0.407 e. The van der Waals surface area contributed by atoms with Crippen molar-refractivity contribution in [2.45, 2.75) is 46.3 Å². The van der Waals surface area contributed by atoms with Gasteiger partial charge in [0.05, 0.1) is 6.04 Å². The van der Waals surface area contributed by atoms with E-state index < -0.39 is 6.09 Å². The summed E-state index contributed by atoms with van der Waals surface area (Å²) >= 11 is 0. The van der Waals surface area contributed by atoms with Gasteiger partial charge in [-0.15, -0.1) is 0 Å². The number of rotatable bonds is 5. The van der Waals surface area contributed by atoms with Gasteiger partial charge in [-0.2, -0.15) is 0 Å². The van der Waals surface area contributed by atoms with Crippen LogP contribution in [-0.2, 0) is 0 Å². The van der Waals surface area contributed by atoms with Crippen molar-refractivity contribution in [1.29, 1.82) is 0 Å². The lowest BCUT2D eigenvalue weighted by molar-refractivity contribution is 0.0390. The molecule has 0 bridgehead atoms. The highest BCUT2D eigenvalue weighted by molar-refractivity contribution is 5.94. The number of nitrogens with zero attached hydrogens (tertiary/aromatic N) is 1. The quantitative estimate of drug-likeness (QED) is 0.800. The zero-order valence-electron chi connectivity index (χ0n) is 15.4. The van der Waals surface area contributed by atoms with Crippen LogP contribution in [0.4, 0.5) is 4.79 Å². The van der Waals surface area contributed by atoms with Gasteiger partial charge in [0.1, 0.15) is 11.9 Å². The van der Waals surface area contributed by atoms with Crippen LogP contribution in [0.2, 0.25) is 0 Å². The van der Waals surface area contributed by atoms with E-state index in [-0.39, 0.29) is 23.3 Å². The minimum Gasteiger partial charge on any atom is -0.490 e. The van der Waals surface area contributed by atoms with E-state index in [0.717, 1.165) is 0 Å². The molecule has 1 aliphatic heterocycles. The topological polar surface area (TPSA) is 78.9 Å². The van der Waals surface area contributed by atoms with Gasteiger partial charge in [-0.1, -0.05) is 32.9 Å². The van der Waals surface area contributed by atoms with E-state index in [4.69, 9.17) is 4.74 Å². The largest absolute Gasteiger partial charge is 0.490 e. The third-order valence-corrected chi connectivity index (χ3v) is 4.57. The fourth-order valence-electron chi connectivity index (χ4n) is 3.00. The molecule has 2 rings (SSSR count). The lowest BCUT2D eigenvalue weighted by Gasteiger charge is -2.39. The lowest BCUT2D eigenvalue weighted by atomic mass is 9.84. The maximum Gasteiger partial charge on any atom is 0.407 e. The Kier molecular flexibility index (Phi) is 6.06. The van der Waals surface area contributed by atoms with Gasteiger partial charge in [-0.25, -0.2) is 4.79 Å². The number of carbonyl (C=O) groups is 2. The number of benzene rings is 1. The minimum atomic E-state index is -0.891. The summed E-state index contributed by atoms with van der Waals surface area (Å²) in [5.74, 6) is 0.629. The normalized spacial score (nSPS) is 19.4. The van der Waals surface area contributed by atoms with Crippen LogP contribution < -0.4 is 10.1 Å². The summed E-state index contributed by atoms with van der Waals surface area (Å²) in [6.07, 6.45) is -0.480. The molecule has 6 nitrogen and oxygen atoms in total. The molecule has 2 N–H and O–H groups in total. The van der Waals surface area contributed by atoms with Crippen LogP contribution >= 0.6 is 0 Å². The Morgan fingerprint density at radius 3 is 2.72 bits per heavy atom. The summed E-state index contributed by atoms with van der Waals surface area (Å²) in [6.45, 7) is 9.53. The number of amides is 1. The van der Waals surface area contributed by atoms with Crippen LogP contribution in [-0.4, -0.2) is 53.7 Å². The molecule has 6 heteroatoms. The third-order valence-electron chi connectivity index (χ3n) is 4.57. The number of nitrogens with one attached hydrogen (secondary N) is 1. The average molecular weight is 348 g/mol. The molecule has 1 aromatic carbocycles. The van der Waals surface area contributed by atoms with Gasteiger partial charge >= 0.3 is 6.09 Å². The number of Topliss-reactive ketones (excluding diaryl/α,β-unsaturated/α-hetero) is 1. The Bertz CT molecular complexity index is 624. The highest BCUT2D eigenvalue weighted by Crippen LogP contribution is 2.30. The number of carboxylic acid groups (broad SMARTS) is 1. The van der Waals surface area contributed by atoms with Crippen molar-refractivity contribution in [3.05, 3.63) is 29.8 Å². The van der Waals surface area contributed by atoms with E-state index in [1.54, 1.807) is 18.2 Å². The molecule has 0 spiro atoms. The SMILES string of the molecule is CC(=O)c1cccc(OC(CC2CNCCN2C(=O)O)C(C)(C)C)c1. The monoisotopic (exact) mass is 348 g/mol. The first-order valence-corrected chi connectivity index (χ1v) is 8.66. The molecule has 25 heavy (non-hydrogen) atoms. The van der Waals surface area contributed by atoms with Crippen molar-refractivity contribution in [2.24, 2.45) is 5.41 Å². The molecule has 1 heterocycles. The fourth-order valence-corrected chi connectivity index (χ4v) is 3.00. The molecule has 0 radical (unpaired) electrons. The van der Waals surface area contributed by atoms with E-state index in [0.29, 0.717) is 37.4 Å². The van der Waals surface area contributed by atoms with Gasteiger partial charge in [0, 0.05) is 31.6 Å². The van der Waals surface area contributed by atoms with E-state index >= 15 is 0 Å². The number of ether oxygens (including phenoxy) is 1. The summed E-state index contributed by atoms with van der Waals surface area (Å²) in [5.41, 5.74) is 0.435. The van der Waals surface area contributed by atoms with E-state index in [2.05, 4.69) is 26.1 Å². The van der Waals surface area contributed by atoms with Gasteiger partial charge in [0.15, 0.2) is 5.78 Å². The van der Waals surface area contributed by atoms with Gasteiger partial charge in [0.25, 0.3) is 0 Å². The molecule has 1 aromatic rings. The maximum atomic E-state index is 11.6. The van der Waals surface area contributed by atoms with E-state index in [1.807, 2.05) is 6.07 Å². The second kappa shape index (κ2) is 7.87. The van der Waals surface area contributed by atoms with Gasteiger partial charge in [-0.3, -0.25) is 4.79 Å². The first-order chi connectivity index (χ1) is 11.7. The Hall–Kier alpha value is -2.08. The summed E-state index contributed by atoms with van der Waals surface area (Å²) in [7, 11) is 0. The number of piperazine rings is 1. The number of hydrogen-bond donors (Lipinski definition) is 2. The predicted molar refractivity (Wildman–Crippen MR) is 96.3 cm³/mol. The molecule has 0 aliphatic carbocycles. The van der Waals surface area contributed by atoms with Crippen LogP contribution in [0.15, 0.2) is 24.3 Å². The summed E-state index contributed by atoms with van der Waals surface area (Å²) < 4.78 is 6.20. The molecule has 1 aliphatic rings. The molecular weight excluding hydrogens is 320 g/mol. The maximum absolute atomic E-state index is 11.6. The summed E-state index contributed by atoms with van der Waals surface area (Å²) in [4.78, 5) is 24.6. The second-order valence-electron chi connectivity index (χ2n) is 7.63. The van der Waals surface area contributed by atoms with Crippen LogP contribution in [0.1, 0.15) is 44.5 Å². The molecule has 2 unspecified atom stereocenters.